The van der Waals surface area contributed by atoms with Crippen LogP contribution in [0.2, 0.25) is 0 Å². The minimum absolute atomic E-state index is 0.246. The maximum absolute atomic E-state index is 6.28. The van der Waals surface area contributed by atoms with E-state index in [2.05, 4.69) is 24.1 Å². The molecule has 3 aliphatic rings. The lowest BCUT2D eigenvalue weighted by molar-refractivity contribution is -0.108. The van der Waals surface area contributed by atoms with Gasteiger partial charge in [0.1, 0.15) is 0 Å². The molecule has 0 aromatic rings. The van der Waals surface area contributed by atoms with Crippen molar-refractivity contribution >= 4 is 11.8 Å². The highest BCUT2D eigenvalue weighted by atomic mass is 32.2. The Morgan fingerprint density at radius 2 is 1.90 bits per heavy atom. The highest BCUT2D eigenvalue weighted by molar-refractivity contribution is 7.99. The summed E-state index contributed by atoms with van der Waals surface area (Å²) >= 11 is 2.11. The summed E-state index contributed by atoms with van der Waals surface area (Å²) in [5, 5.41) is 3.68. The van der Waals surface area contributed by atoms with Crippen molar-refractivity contribution in [2.75, 3.05) is 25.2 Å². The van der Waals surface area contributed by atoms with E-state index >= 15 is 0 Å². The van der Waals surface area contributed by atoms with Crippen LogP contribution in [-0.4, -0.2) is 36.8 Å². The molecule has 1 aliphatic carbocycles. The first-order chi connectivity index (χ1) is 10.3. The van der Waals surface area contributed by atoms with Gasteiger partial charge < -0.3 is 10.1 Å². The van der Waals surface area contributed by atoms with Crippen molar-refractivity contribution < 1.29 is 4.74 Å². The van der Waals surface area contributed by atoms with Gasteiger partial charge in [0, 0.05) is 12.6 Å². The SMILES string of the molecule is CNC(CC1CCCCC1)C1CCOC2(CCSCC2)C1. The van der Waals surface area contributed by atoms with Crippen LogP contribution >= 0.6 is 11.8 Å². The van der Waals surface area contributed by atoms with Crippen molar-refractivity contribution in [3.05, 3.63) is 0 Å². The van der Waals surface area contributed by atoms with Crippen LogP contribution in [0.5, 0.6) is 0 Å². The molecule has 0 amide bonds. The quantitative estimate of drug-likeness (QED) is 0.839. The van der Waals surface area contributed by atoms with E-state index in [0.29, 0.717) is 0 Å². The van der Waals surface area contributed by atoms with Gasteiger partial charge >= 0.3 is 0 Å². The van der Waals surface area contributed by atoms with Crippen LogP contribution in [0.15, 0.2) is 0 Å². The zero-order valence-corrected chi connectivity index (χ0v) is 14.6. The summed E-state index contributed by atoms with van der Waals surface area (Å²) in [5.74, 6) is 4.43. The molecule has 2 atom stereocenters. The topological polar surface area (TPSA) is 21.3 Å². The first-order valence-electron chi connectivity index (χ1n) is 9.20. The summed E-state index contributed by atoms with van der Waals surface area (Å²) < 4.78 is 6.28. The van der Waals surface area contributed by atoms with Crippen LogP contribution in [0, 0.1) is 11.8 Å². The van der Waals surface area contributed by atoms with Gasteiger partial charge in [0.15, 0.2) is 0 Å². The van der Waals surface area contributed by atoms with Gasteiger partial charge in [-0.05, 0) is 62.5 Å². The second-order valence-corrected chi connectivity index (χ2v) is 8.76. The summed E-state index contributed by atoms with van der Waals surface area (Å²) in [7, 11) is 2.19. The molecule has 2 nitrogen and oxygen atoms in total. The van der Waals surface area contributed by atoms with E-state index < -0.39 is 0 Å². The predicted octanol–water partition coefficient (Wildman–Crippen LogP) is 4.24. The third kappa shape index (κ3) is 4.17. The van der Waals surface area contributed by atoms with E-state index in [4.69, 9.17) is 4.74 Å². The average Bonchev–Trinajstić information content (AvgIpc) is 2.54. The van der Waals surface area contributed by atoms with Gasteiger partial charge in [0.2, 0.25) is 0 Å². The van der Waals surface area contributed by atoms with E-state index in [1.54, 1.807) is 0 Å². The van der Waals surface area contributed by atoms with Gasteiger partial charge in [0.25, 0.3) is 0 Å². The molecule has 0 aromatic heterocycles. The molecule has 0 aromatic carbocycles. The highest BCUT2D eigenvalue weighted by Gasteiger charge is 2.41. The molecule has 122 valence electrons. The van der Waals surface area contributed by atoms with E-state index in [0.717, 1.165) is 24.5 Å². The van der Waals surface area contributed by atoms with Crippen molar-refractivity contribution in [3.8, 4) is 0 Å². The Balaban J connectivity index is 1.57. The fraction of sp³-hybridized carbons (Fsp3) is 1.00. The lowest BCUT2D eigenvalue weighted by Gasteiger charge is -2.46. The lowest BCUT2D eigenvalue weighted by Crippen LogP contribution is -2.48. The summed E-state index contributed by atoms with van der Waals surface area (Å²) in [6.45, 7) is 0.998. The van der Waals surface area contributed by atoms with Gasteiger partial charge in [0.05, 0.1) is 5.60 Å². The van der Waals surface area contributed by atoms with Crippen molar-refractivity contribution in [2.45, 2.75) is 75.9 Å². The zero-order valence-electron chi connectivity index (χ0n) is 13.7. The van der Waals surface area contributed by atoms with E-state index in [1.165, 1.54) is 75.7 Å². The van der Waals surface area contributed by atoms with Crippen LogP contribution in [0.25, 0.3) is 0 Å². The average molecular weight is 312 g/mol. The molecule has 3 fully saturated rings. The maximum Gasteiger partial charge on any atom is 0.0701 e. The number of ether oxygens (including phenoxy) is 1. The molecular weight excluding hydrogens is 278 g/mol. The Morgan fingerprint density at radius 1 is 1.14 bits per heavy atom. The molecule has 2 unspecified atom stereocenters. The molecule has 1 spiro atoms. The van der Waals surface area contributed by atoms with Gasteiger partial charge in [-0.3, -0.25) is 0 Å². The Kier molecular flexibility index (Phi) is 5.92. The summed E-state index contributed by atoms with van der Waals surface area (Å²) in [4.78, 5) is 0. The molecule has 3 rings (SSSR count). The second-order valence-electron chi connectivity index (χ2n) is 7.53. The number of nitrogens with one attached hydrogen (secondary N) is 1. The first kappa shape index (κ1) is 16.1. The molecule has 2 aliphatic heterocycles. The third-order valence-electron chi connectivity index (χ3n) is 6.19. The molecule has 0 radical (unpaired) electrons. The zero-order chi connectivity index (χ0) is 14.5. The Labute approximate surface area is 135 Å². The largest absolute Gasteiger partial charge is 0.375 e. The van der Waals surface area contributed by atoms with Crippen molar-refractivity contribution in [2.24, 2.45) is 11.8 Å². The molecule has 2 saturated heterocycles. The second kappa shape index (κ2) is 7.70. The highest BCUT2D eigenvalue weighted by Crippen LogP contribution is 2.42. The normalized spacial score (nSPS) is 32.1. The standard InChI is InChI=1S/C18H33NOS/c1-19-17(13-15-5-3-2-4-6-15)16-7-10-20-18(14-16)8-11-21-12-9-18/h15-17,19H,2-14H2,1H3. The fourth-order valence-corrected chi connectivity index (χ4v) is 6.07. The third-order valence-corrected chi connectivity index (χ3v) is 7.17. The minimum Gasteiger partial charge on any atom is -0.375 e. The Bertz CT molecular complexity index is 305. The van der Waals surface area contributed by atoms with Crippen LogP contribution in [-0.2, 0) is 4.74 Å². The molecule has 2 heterocycles. The smallest absolute Gasteiger partial charge is 0.0701 e. The number of hydrogen-bond acceptors (Lipinski definition) is 3. The number of rotatable bonds is 4. The van der Waals surface area contributed by atoms with Crippen molar-refractivity contribution in [1.82, 2.24) is 5.32 Å². The van der Waals surface area contributed by atoms with E-state index in [9.17, 15) is 0 Å². The molecular formula is C18H33NOS. The van der Waals surface area contributed by atoms with Gasteiger partial charge in [-0.15, -0.1) is 0 Å². The van der Waals surface area contributed by atoms with Gasteiger partial charge in [-0.1, -0.05) is 32.1 Å². The lowest BCUT2D eigenvalue weighted by atomic mass is 9.75. The summed E-state index contributed by atoms with van der Waals surface area (Å²) in [5.41, 5.74) is 0.246. The monoisotopic (exact) mass is 311 g/mol. The molecule has 21 heavy (non-hydrogen) atoms. The molecule has 1 saturated carbocycles. The summed E-state index contributed by atoms with van der Waals surface area (Å²) in [6.07, 6.45) is 13.9. The van der Waals surface area contributed by atoms with Crippen LogP contribution < -0.4 is 5.32 Å². The number of thioether (sulfide) groups is 1. The van der Waals surface area contributed by atoms with E-state index in [1.807, 2.05) is 0 Å². The maximum atomic E-state index is 6.28. The van der Waals surface area contributed by atoms with Crippen LogP contribution in [0.1, 0.15) is 64.2 Å². The van der Waals surface area contributed by atoms with Crippen molar-refractivity contribution in [3.63, 3.8) is 0 Å². The summed E-state index contributed by atoms with van der Waals surface area (Å²) in [6, 6.07) is 0.725. The number of hydrogen-bond donors (Lipinski definition) is 1. The molecule has 3 heteroatoms. The predicted molar refractivity (Wildman–Crippen MR) is 92.0 cm³/mol. The van der Waals surface area contributed by atoms with E-state index in [-0.39, 0.29) is 5.60 Å². The molecule has 0 bridgehead atoms. The molecule has 1 N–H and O–H groups in total. The van der Waals surface area contributed by atoms with Crippen LogP contribution in [0.4, 0.5) is 0 Å². The Hall–Kier alpha value is 0.270. The van der Waals surface area contributed by atoms with Gasteiger partial charge in [-0.2, -0.15) is 11.8 Å². The Morgan fingerprint density at radius 3 is 2.62 bits per heavy atom. The van der Waals surface area contributed by atoms with Gasteiger partial charge in [-0.25, -0.2) is 0 Å². The van der Waals surface area contributed by atoms with Crippen molar-refractivity contribution in [1.29, 1.82) is 0 Å². The first-order valence-corrected chi connectivity index (χ1v) is 10.4. The van der Waals surface area contributed by atoms with Crippen LogP contribution in [0.3, 0.4) is 0 Å². The minimum atomic E-state index is 0.246. The fourth-order valence-electron chi connectivity index (χ4n) is 4.83.